The molecule has 12 heavy (non-hydrogen) atoms. The van der Waals surface area contributed by atoms with Crippen LogP contribution in [0.15, 0.2) is 18.3 Å². The van der Waals surface area contributed by atoms with Crippen molar-refractivity contribution >= 4 is 38.7 Å². The Morgan fingerprint density at radius 2 is 2.25 bits per heavy atom. The van der Waals surface area contributed by atoms with Gasteiger partial charge < -0.3 is 0 Å². The maximum Gasteiger partial charge on any atom is 0.191 e. The second-order valence-electron chi connectivity index (χ2n) is 1.92. The molecule has 0 saturated carbocycles. The van der Waals surface area contributed by atoms with Crippen molar-refractivity contribution in [3.63, 3.8) is 0 Å². The average molecular weight is 299 g/mol. The molecule has 0 aromatic carbocycles. The summed E-state index contributed by atoms with van der Waals surface area (Å²) in [6, 6.07) is 2.57. The summed E-state index contributed by atoms with van der Waals surface area (Å²) in [7, 11) is 0. The summed E-state index contributed by atoms with van der Waals surface area (Å²) in [5, 5.41) is 0.214. The first kappa shape index (κ1) is 11.7. The Morgan fingerprint density at radius 1 is 1.58 bits per heavy atom. The second-order valence-corrected chi connectivity index (χ2v) is 2.48. The van der Waals surface area contributed by atoms with E-state index in [-0.39, 0.29) is 33.8 Å². The Morgan fingerprint density at radius 3 is 2.67 bits per heavy atom. The number of rotatable bonds is 2. The fraction of sp³-hybridized carbons (Fsp3) is 0.143. The molecular formula is C7H6Br2FNO. The molecule has 0 saturated heterocycles. The number of alkyl halides is 1. The lowest BCUT2D eigenvalue weighted by Gasteiger charge is -1.93. The van der Waals surface area contributed by atoms with E-state index >= 15 is 0 Å². The molecule has 1 aromatic heterocycles. The largest absolute Gasteiger partial charge is 0.291 e. The monoisotopic (exact) mass is 297 g/mol. The molecule has 66 valence electrons. The van der Waals surface area contributed by atoms with Crippen LogP contribution in [0.2, 0.25) is 0 Å². The van der Waals surface area contributed by atoms with Crippen molar-refractivity contribution in [2.75, 3.05) is 5.33 Å². The highest BCUT2D eigenvalue weighted by molar-refractivity contribution is 9.09. The highest BCUT2D eigenvalue weighted by atomic mass is 79.9. The first-order chi connectivity index (χ1) is 5.24. The van der Waals surface area contributed by atoms with Crippen molar-refractivity contribution < 1.29 is 9.18 Å². The lowest BCUT2D eigenvalue weighted by atomic mass is 10.3. The topological polar surface area (TPSA) is 30.0 Å². The maximum absolute atomic E-state index is 12.3. The number of aromatic nitrogens is 1. The third kappa shape index (κ3) is 2.98. The molecule has 1 rings (SSSR count). The SMILES string of the molecule is Br.O=C(CBr)c1ccc(F)cn1. The molecule has 0 aliphatic heterocycles. The van der Waals surface area contributed by atoms with E-state index in [1.807, 2.05) is 0 Å². The Kier molecular flexibility index (Phi) is 5.24. The Labute approximate surface area is 88.1 Å². The number of hydrogen-bond donors (Lipinski definition) is 0. The zero-order valence-electron chi connectivity index (χ0n) is 5.96. The Bertz CT molecular complexity index is 263. The first-order valence-electron chi connectivity index (χ1n) is 2.95. The van der Waals surface area contributed by atoms with Crippen molar-refractivity contribution in [2.24, 2.45) is 0 Å². The van der Waals surface area contributed by atoms with Crippen LogP contribution in [0, 0.1) is 5.82 Å². The van der Waals surface area contributed by atoms with E-state index in [4.69, 9.17) is 0 Å². The summed E-state index contributed by atoms with van der Waals surface area (Å²) < 4.78 is 12.3. The minimum absolute atomic E-state index is 0. The highest BCUT2D eigenvalue weighted by Crippen LogP contribution is 2.00. The van der Waals surface area contributed by atoms with Gasteiger partial charge in [-0.25, -0.2) is 4.39 Å². The predicted molar refractivity (Wildman–Crippen MR) is 52.6 cm³/mol. The summed E-state index contributed by atoms with van der Waals surface area (Å²) in [4.78, 5) is 14.5. The normalized spacial score (nSPS) is 8.83. The molecule has 2 nitrogen and oxygen atoms in total. The number of pyridine rings is 1. The average Bonchev–Trinajstić information content (AvgIpc) is 2.05. The summed E-state index contributed by atoms with van der Waals surface area (Å²) >= 11 is 2.99. The number of ketones is 1. The predicted octanol–water partition coefficient (Wildman–Crippen LogP) is 2.38. The summed E-state index contributed by atoms with van der Waals surface area (Å²) in [5.74, 6) is -0.582. The van der Waals surface area contributed by atoms with Gasteiger partial charge in [-0.05, 0) is 12.1 Å². The summed E-state index contributed by atoms with van der Waals surface area (Å²) in [6.07, 6.45) is 1.02. The van der Waals surface area contributed by atoms with Gasteiger partial charge in [-0.1, -0.05) is 15.9 Å². The smallest absolute Gasteiger partial charge is 0.191 e. The molecule has 0 aliphatic rings. The Balaban J connectivity index is 0.00000121. The number of Topliss-reactive ketones (excluding diaryl/α,β-unsaturated/α-hetero) is 1. The van der Waals surface area contributed by atoms with Crippen LogP contribution in [0.4, 0.5) is 4.39 Å². The van der Waals surface area contributed by atoms with Gasteiger partial charge in [0.1, 0.15) is 11.5 Å². The molecule has 0 atom stereocenters. The molecule has 1 heterocycles. The van der Waals surface area contributed by atoms with Crippen LogP contribution in [0.1, 0.15) is 10.5 Å². The third-order valence-corrected chi connectivity index (χ3v) is 1.64. The molecule has 0 bridgehead atoms. The third-order valence-electron chi connectivity index (χ3n) is 1.13. The van der Waals surface area contributed by atoms with Crippen LogP contribution in [-0.2, 0) is 0 Å². The minimum atomic E-state index is -0.434. The van der Waals surface area contributed by atoms with Crippen molar-refractivity contribution in [3.8, 4) is 0 Å². The van der Waals surface area contributed by atoms with Gasteiger partial charge in [0.25, 0.3) is 0 Å². The lowest BCUT2D eigenvalue weighted by molar-refractivity contribution is 0.101. The van der Waals surface area contributed by atoms with Crippen LogP contribution in [-0.4, -0.2) is 16.1 Å². The van der Waals surface area contributed by atoms with E-state index in [1.54, 1.807) is 0 Å². The van der Waals surface area contributed by atoms with E-state index in [1.165, 1.54) is 12.1 Å². The van der Waals surface area contributed by atoms with Crippen molar-refractivity contribution in [1.29, 1.82) is 0 Å². The maximum atomic E-state index is 12.3. The fourth-order valence-electron chi connectivity index (χ4n) is 0.609. The highest BCUT2D eigenvalue weighted by Gasteiger charge is 2.03. The van der Waals surface area contributed by atoms with E-state index in [9.17, 15) is 9.18 Å². The van der Waals surface area contributed by atoms with Gasteiger partial charge in [0.15, 0.2) is 5.78 Å². The molecule has 0 unspecified atom stereocenters. The van der Waals surface area contributed by atoms with Gasteiger partial charge in [-0.3, -0.25) is 9.78 Å². The van der Waals surface area contributed by atoms with Crippen LogP contribution in [0.5, 0.6) is 0 Å². The van der Waals surface area contributed by atoms with Crippen LogP contribution >= 0.6 is 32.9 Å². The van der Waals surface area contributed by atoms with Crippen molar-refractivity contribution in [3.05, 3.63) is 29.8 Å². The van der Waals surface area contributed by atoms with E-state index in [0.717, 1.165) is 6.20 Å². The van der Waals surface area contributed by atoms with Gasteiger partial charge in [-0.2, -0.15) is 0 Å². The quantitative estimate of drug-likeness (QED) is 0.620. The molecule has 0 amide bonds. The van der Waals surface area contributed by atoms with Crippen molar-refractivity contribution in [1.82, 2.24) is 4.98 Å². The molecule has 0 aliphatic carbocycles. The first-order valence-corrected chi connectivity index (χ1v) is 4.07. The van der Waals surface area contributed by atoms with Crippen molar-refractivity contribution in [2.45, 2.75) is 0 Å². The van der Waals surface area contributed by atoms with Gasteiger partial charge in [-0.15, -0.1) is 17.0 Å². The summed E-state index contributed by atoms with van der Waals surface area (Å²) in [5.41, 5.74) is 0.281. The standard InChI is InChI=1S/C7H5BrFNO.BrH/c8-3-7(11)6-2-1-5(9)4-10-6;/h1-2,4H,3H2;1H. The number of hydrogen-bond acceptors (Lipinski definition) is 2. The molecular weight excluding hydrogens is 293 g/mol. The Hall–Kier alpha value is -0.290. The zero-order chi connectivity index (χ0) is 8.27. The van der Waals surface area contributed by atoms with Gasteiger partial charge in [0.2, 0.25) is 0 Å². The van der Waals surface area contributed by atoms with Crippen LogP contribution < -0.4 is 0 Å². The lowest BCUT2D eigenvalue weighted by Crippen LogP contribution is -2.02. The molecule has 0 spiro atoms. The van der Waals surface area contributed by atoms with Crippen LogP contribution in [0.25, 0.3) is 0 Å². The van der Waals surface area contributed by atoms with E-state index in [0.29, 0.717) is 0 Å². The number of nitrogens with zero attached hydrogens (tertiary/aromatic N) is 1. The number of carbonyl (C=O) groups is 1. The minimum Gasteiger partial charge on any atom is -0.291 e. The molecule has 0 fully saturated rings. The van der Waals surface area contributed by atoms with Gasteiger partial charge in [0.05, 0.1) is 11.5 Å². The van der Waals surface area contributed by atoms with Crippen LogP contribution in [0.3, 0.4) is 0 Å². The summed E-state index contributed by atoms with van der Waals surface area (Å²) in [6.45, 7) is 0. The van der Waals surface area contributed by atoms with Gasteiger partial charge in [0, 0.05) is 0 Å². The molecule has 1 aromatic rings. The number of halogens is 3. The number of carbonyl (C=O) groups excluding carboxylic acids is 1. The molecule has 0 radical (unpaired) electrons. The molecule has 5 heteroatoms. The van der Waals surface area contributed by atoms with E-state index in [2.05, 4.69) is 20.9 Å². The fourth-order valence-corrected chi connectivity index (χ4v) is 0.896. The van der Waals surface area contributed by atoms with Gasteiger partial charge >= 0.3 is 0 Å². The zero-order valence-corrected chi connectivity index (χ0v) is 9.26. The van der Waals surface area contributed by atoms with E-state index < -0.39 is 5.82 Å². The molecule has 0 N–H and O–H groups in total. The second kappa shape index (κ2) is 5.37.